The molecule has 30 heavy (non-hydrogen) atoms. The third kappa shape index (κ3) is 4.29. The van der Waals surface area contributed by atoms with Gasteiger partial charge in [-0.3, -0.25) is 4.90 Å². The Bertz CT molecular complexity index is 563. The molecule has 1 N–H and O–H groups in total. The molecule has 2 aliphatic carbocycles. The average Bonchev–Trinajstić information content (AvgIpc) is 2.76. The normalized spacial score (nSPS) is 48.8. The predicted octanol–water partition coefficient (Wildman–Crippen LogP) is 2.87. The van der Waals surface area contributed by atoms with Gasteiger partial charge in [0, 0.05) is 31.8 Å². The highest BCUT2D eigenvalue weighted by Gasteiger charge is 2.48. The van der Waals surface area contributed by atoms with Crippen LogP contribution in [0.3, 0.4) is 0 Å². The van der Waals surface area contributed by atoms with Crippen LogP contribution in [0.1, 0.15) is 51.4 Å². The van der Waals surface area contributed by atoms with Crippen LogP contribution in [0.2, 0.25) is 0 Å². The minimum absolute atomic E-state index is 0.0450. The number of hydrogen-bond donors (Lipinski definition) is 1. The summed E-state index contributed by atoms with van der Waals surface area (Å²) < 4.78 is 47.8. The second-order valence-corrected chi connectivity index (χ2v) is 10.2. The molecule has 4 unspecified atom stereocenters. The van der Waals surface area contributed by atoms with Gasteiger partial charge >= 0.3 is 0 Å². The van der Waals surface area contributed by atoms with Crippen LogP contribution in [-0.4, -0.2) is 87.1 Å². The standard InChI is InChI=1S/C23H38F2N2O3/c24-17-12-19(25)22-16-2-4-18(5-3-16)30-14-21-23(15-28-10-7-26-23)6-1-8-27(21)9-11-29-20(22)13-17/h16-22,26H,1-15H2/t16?,17?,18?,19?,20?,21-,22?,23+/m1/s1. The summed E-state index contributed by atoms with van der Waals surface area (Å²) in [5, 5.41) is 3.77. The number of rotatable bonds is 0. The number of morpholine rings is 1. The van der Waals surface area contributed by atoms with Gasteiger partial charge in [-0.15, -0.1) is 0 Å². The first-order valence-corrected chi connectivity index (χ1v) is 12.2. The minimum Gasteiger partial charge on any atom is -0.378 e. The van der Waals surface area contributed by atoms with Crippen LogP contribution < -0.4 is 5.32 Å². The molecule has 4 aliphatic heterocycles. The molecule has 4 heterocycles. The molecule has 0 amide bonds. The van der Waals surface area contributed by atoms with Crippen molar-refractivity contribution in [3.05, 3.63) is 0 Å². The molecular weight excluding hydrogens is 390 g/mol. The maximum Gasteiger partial charge on any atom is 0.108 e. The smallest absolute Gasteiger partial charge is 0.108 e. The Kier molecular flexibility index (Phi) is 6.64. The molecule has 4 saturated heterocycles. The van der Waals surface area contributed by atoms with Crippen LogP contribution in [-0.2, 0) is 14.2 Å². The summed E-state index contributed by atoms with van der Waals surface area (Å²) in [6.45, 7) is 5.40. The van der Waals surface area contributed by atoms with Crippen LogP contribution in [0.15, 0.2) is 0 Å². The second-order valence-electron chi connectivity index (χ2n) is 10.2. The van der Waals surface area contributed by atoms with Crippen molar-refractivity contribution in [2.75, 3.05) is 46.1 Å². The van der Waals surface area contributed by atoms with Gasteiger partial charge in [0.1, 0.15) is 12.3 Å². The van der Waals surface area contributed by atoms with Gasteiger partial charge in [-0.1, -0.05) is 0 Å². The van der Waals surface area contributed by atoms with Gasteiger partial charge in [0.05, 0.1) is 50.2 Å². The number of ether oxygens (including phenoxy) is 3. The van der Waals surface area contributed by atoms with E-state index in [1.807, 2.05) is 0 Å². The highest BCUT2D eigenvalue weighted by atomic mass is 19.1. The molecule has 0 aromatic rings. The van der Waals surface area contributed by atoms with E-state index in [1.165, 1.54) is 0 Å². The van der Waals surface area contributed by atoms with Crippen molar-refractivity contribution >= 4 is 0 Å². The number of fused-ring (bicyclic) bond motifs is 5. The summed E-state index contributed by atoms with van der Waals surface area (Å²) in [4.78, 5) is 2.48. The lowest BCUT2D eigenvalue weighted by molar-refractivity contribution is -0.0996. The number of piperidine rings is 1. The van der Waals surface area contributed by atoms with E-state index in [4.69, 9.17) is 14.2 Å². The molecule has 0 radical (unpaired) electrons. The highest BCUT2D eigenvalue weighted by molar-refractivity contribution is 5.05. The van der Waals surface area contributed by atoms with Crippen LogP contribution in [0.5, 0.6) is 0 Å². The van der Waals surface area contributed by atoms with E-state index in [1.54, 1.807) is 0 Å². The Hall–Kier alpha value is -0.340. The molecule has 2 bridgehead atoms. The van der Waals surface area contributed by atoms with Gasteiger partial charge in [-0.2, -0.15) is 0 Å². The van der Waals surface area contributed by atoms with E-state index in [9.17, 15) is 8.78 Å². The highest BCUT2D eigenvalue weighted by Crippen LogP contribution is 2.43. The predicted molar refractivity (Wildman–Crippen MR) is 110 cm³/mol. The van der Waals surface area contributed by atoms with E-state index >= 15 is 0 Å². The van der Waals surface area contributed by atoms with E-state index in [-0.39, 0.29) is 36.1 Å². The molecule has 0 aromatic carbocycles. The Morgan fingerprint density at radius 2 is 1.83 bits per heavy atom. The zero-order valence-electron chi connectivity index (χ0n) is 18.1. The monoisotopic (exact) mass is 428 g/mol. The molecule has 2 saturated carbocycles. The van der Waals surface area contributed by atoms with Gasteiger partial charge in [0.25, 0.3) is 0 Å². The van der Waals surface area contributed by atoms with Crippen molar-refractivity contribution in [3.8, 4) is 0 Å². The second kappa shape index (κ2) is 9.26. The zero-order valence-corrected chi connectivity index (χ0v) is 18.1. The molecule has 6 fully saturated rings. The molecule has 7 heteroatoms. The fraction of sp³-hybridized carbons (Fsp3) is 1.00. The SMILES string of the molecule is FC1CC(F)C2C3CCC(CC3)OC[C@H]3N(CCC[C@]34COCCN4)CCOC2C1. The Morgan fingerprint density at radius 1 is 0.967 bits per heavy atom. The molecule has 6 rings (SSSR count). The largest absolute Gasteiger partial charge is 0.378 e. The first kappa shape index (κ1) is 21.5. The van der Waals surface area contributed by atoms with Gasteiger partial charge < -0.3 is 19.5 Å². The molecule has 0 aromatic heterocycles. The quantitative estimate of drug-likeness (QED) is 0.643. The van der Waals surface area contributed by atoms with Crippen LogP contribution in [0.25, 0.3) is 0 Å². The lowest BCUT2D eigenvalue weighted by Crippen LogP contribution is -2.70. The number of hydrogen-bond acceptors (Lipinski definition) is 5. The molecule has 5 nitrogen and oxygen atoms in total. The fourth-order valence-electron chi connectivity index (χ4n) is 6.96. The van der Waals surface area contributed by atoms with Gasteiger partial charge in [-0.05, 0) is 51.0 Å². The van der Waals surface area contributed by atoms with Crippen molar-refractivity contribution in [2.45, 2.75) is 87.5 Å². The van der Waals surface area contributed by atoms with Gasteiger partial charge in [0.15, 0.2) is 0 Å². The number of halogens is 2. The molecule has 6 aliphatic rings. The number of alkyl halides is 2. The lowest BCUT2D eigenvalue weighted by atomic mass is 9.70. The van der Waals surface area contributed by atoms with Crippen molar-refractivity contribution < 1.29 is 23.0 Å². The van der Waals surface area contributed by atoms with Crippen LogP contribution >= 0.6 is 0 Å². The topological polar surface area (TPSA) is 43.0 Å². The van der Waals surface area contributed by atoms with Gasteiger partial charge in [-0.25, -0.2) is 8.78 Å². The summed E-state index contributed by atoms with van der Waals surface area (Å²) in [7, 11) is 0. The number of nitrogens with one attached hydrogen (secondary N) is 1. The van der Waals surface area contributed by atoms with E-state index < -0.39 is 12.3 Å². The van der Waals surface area contributed by atoms with Gasteiger partial charge in [0.2, 0.25) is 0 Å². The maximum atomic E-state index is 15.0. The van der Waals surface area contributed by atoms with Crippen molar-refractivity contribution in [1.29, 1.82) is 0 Å². The third-order valence-corrected chi connectivity index (χ3v) is 8.51. The fourth-order valence-corrected chi connectivity index (χ4v) is 6.96. The Morgan fingerprint density at radius 3 is 2.63 bits per heavy atom. The summed E-state index contributed by atoms with van der Waals surface area (Å²) in [5.41, 5.74) is -0.0602. The van der Waals surface area contributed by atoms with Crippen LogP contribution in [0.4, 0.5) is 8.78 Å². The molecular formula is C23H38F2N2O3. The van der Waals surface area contributed by atoms with E-state index in [0.29, 0.717) is 25.6 Å². The Balaban J connectivity index is 1.36. The average molecular weight is 429 g/mol. The number of nitrogens with zero attached hydrogens (tertiary/aromatic N) is 1. The third-order valence-electron chi connectivity index (χ3n) is 8.51. The Labute approximate surface area is 179 Å². The molecule has 6 atom stereocenters. The van der Waals surface area contributed by atoms with Crippen molar-refractivity contribution in [1.82, 2.24) is 10.2 Å². The minimum atomic E-state index is -1.08. The first-order chi connectivity index (χ1) is 14.6. The van der Waals surface area contributed by atoms with E-state index in [0.717, 1.165) is 71.4 Å². The zero-order chi connectivity index (χ0) is 20.6. The van der Waals surface area contributed by atoms with Crippen molar-refractivity contribution in [2.24, 2.45) is 11.8 Å². The van der Waals surface area contributed by atoms with Crippen LogP contribution in [0, 0.1) is 11.8 Å². The molecule has 1 spiro atoms. The van der Waals surface area contributed by atoms with E-state index in [2.05, 4.69) is 10.2 Å². The summed E-state index contributed by atoms with van der Waals surface area (Å²) in [5.74, 6) is 0.135. The summed E-state index contributed by atoms with van der Waals surface area (Å²) >= 11 is 0. The lowest BCUT2D eigenvalue weighted by Gasteiger charge is -2.52. The first-order valence-electron chi connectivity index (χ1n) is 12.2. The summed E-state index contributed by atoms with van der Waals surface area (Å²) in [6, 6.07) is 0.249. The summed E-state index contributed by atoms with van der Waals surface area (Å²) in [6.07, 6.45) is 4.29. The van der Waals surface area contributed by atoms with Crippen molar-refractivity contribution in [3.63, 3.8) is 0 Å². The molecule has 172 valence electrons. The maximum absolute atomic E-state index is 15.0.